The van der Waals surface area contributed by atoms with Gasteiger partial charge in [0, 0.05) is 24.2 Å². The molecule has 1 aliphatic rings. The van der Waals surface area contributed by atoms with Gasteiger partial charge in [0.05, 0.1) is 22.7 Å². The lowest BCUT2D eigenvalue weighted by Gasteiger charge is -2.22. The van der Waals surface area contributed by atoms with E-state index in [1.807, 2.05) is 19.1 Å². The molecule has 2 aromatic rings. The van der Waals surface area contributed by atoms with Gasteiger partial charge in [0.15, 0.2) is 9.84 Å². The largest absolute Gasteiger partial charge is 0.396 e. The molecule has 0 amide bonds. The van der Waals surface area contributed by atoms with Crippen LogP contribution in [0.5, 0.6) is 0 Å². The van der Waals surface area contributed by atoms with Gasteiger partial charge in [-0.3, -0.25) is 9.67 Å². The van der Waals surface area contributed by atoms with E-state index < -0.39 is 15.4 Å². The molecule has 0 radical (unpaired) electrons. The first-order valence-electron chi connectivity index (χ1n) is 6.36. The lowest BCUT2D eigenvalue weighted by Crippen LogP contribution is -2.31. The topological polar surface area (TPSA) is 90.9 Å². The molecular weight excluding hydrogens is 276 g/mol. The molecule has 1 fully saturated rings. The predicted molar refractivity (Wildman–Crippen MR) is 76.8 cm³/mol. The van der Waals surface area contributed by atoms with Crippen molar-refractivity contribution >= 4 is 15.5 Å². The van der Waals surface area contributed by atoms with Crippen molar-refractivity contribution in [3.63, 3.8) is 0 Å². The molecule has 6 nitrogen and oxygen atoms in total. The van der Waals surface area contributed by atoms with Gasteiger partial charge in [-0.15, -0.1) is 0 Å². The molecule has 3 rings (SSSR count). The number of aromatic nitrogens is 3. The normalized spacial score (nSPS) is 24.9. The number of hydrogen-bond donors (Lipinski definition) is 1. The van der Waals surface area contributed by atoms with Crippen LogP contribution in [0.3, 0.4) is 0 Å². The van der Waals surface area contributed by atoms with Crippen molar-refractivity contribution in [3.8, 4) is 11.3 Å². The highest BCUT2D eigenvalue weighted by molar-refractivity contribution is 7.91. The highest BCUT2D eigenvalue weighted by Crippen LogP contribution is 2.33. The zero-order chi connectivity index (χ0) is 14.4. The maximum atomic E-state index is 11.7. The Labute approximate surface area is 117 Å². The number of nitrogens with two attached hydrogens (primary N) is 1. The molecule has 1 saturated heterocycles. The van der Waals surface area contributed by atoms with Gasteiger partial charge in [-0.2, -0.15) is 5.10 Å². The molecule has 7 heteroatoms. The molecule has 0 aliphatic carbocycles. The minimum atomic E-state index is -2.98. The van der Waals surface area contributed by atoms with Gasteiger partial charge in [0.2, 0.25) is 0 Å². The predicted octanol–water partition coefficient (Wildman–Crippen LogP) is 1.06. The molecule has 1 aliphatic heterocycles. The highest BCUT2D eigenvalue weighted by atomic mass is 32.2. The summed E-state index contributed by atoms with van der Waals surface area (Å²) in [6.45, 7) is 1.90. The molecule has 0 bridgehead atoms. The number of nitrogen functional groups attached to an aromatic ring is 1. The summed E-state index contributed by atoms with van der Waals surface area (Å²) in [6, 6.07) is 3.69. The number of rotatable bonds is 2. The van der Waals surface area contributed by atoms with E-state index in [-0.39, 0.29) is 11.5 Å². The summed E-state index contributed by atoms with van der Waals surface area (Å²) in [4.78, 5) is 4.05. The van der Waals surface area contributed by atoms with E-state index in [4.69, 9.17) is 5.73 Å². The minimum Gasteiger partial charge on any atom is -0.396 e. The van der Waals surface area contributed by atoms with Crippen LogP contribution >= 0.6 is 0 Å². The first kappa shape index (κ1) is 13.1. The second kappa shape index (κ2) is 4.31. The van der Waals surface area contributed by atoms with Crippen molar-refractivity contribution in [3.05, 3.63) is 30.7 Å². The summed E-state index contributed by atoms with van der Waals surface area (Å²) in [5, 5.41) is 4.49. The average Bonchev–Trinajstić information content (AvgIpc) is 2.92. The van der Waals surface area contributed by atoms with Gasteiger partial charge >= 0.3 is 0 Å². The summed E-state index contributed by atoms with van der Waals surface area (Å²) in [5.74, 6) is 0.305. The monoisotopic (exact) mass is 292 g/mol. The van der Waals surface area contributed by atoms with Crippen molar-refractivity contribution in [1.82, 2.24) is 14.8 Å². The molecule has 0 saturated carbocycles. The maximum Gasteiger partial charge on any atom is 0.152 e. The van der Waals surface area contributed by atoms with Crippen molar-refractivity contribution < 1.29 is 8.42 Å². The van der Waals surface area contributed by atoms with Gasteiger partial charge in [-0.25, -0.2) is 8.42 Å². The van der Waals surface area contributed by atoms with Crippen LogP contribution in [0.25, 0.3) is 11.3 Å². The van der Waals surface area contributed by atoms with Gasteiger partial charge in [0.1, 0.15) is 5.69 Å². The lowest BCUT2D eigenvalue weighted by molar-refractivity contribution is 0.329. The SMILES string of the molecule is CC1(n2cc(N)c(-c3cccnc3)n2)CCS(=O)(=O)C1. The van der Waals surface area contributed by atoms with E-state index in [9.17, 15) is 8.42 Å². The smallest absolute Gasteiger partial charge is 0.152 e. The number of sulfone groups is 1. The van der Waals surface area contributed by atoms with Crippen LogP contribution < -0.4 is 5.73 Å². The Morgan fingerprint density at radius 1 is 1.45 bits per heavy atom. The molecule has 0 aromatic carbocycles. The minimum absolute atomic E-state index is 0.105. The summed E-state index contributed by atoms with van der Waals surface area (Å²) in [5.41, 5.74) is 7.49. The molecule has 2 N–H and O–H groups in total. The zero-order valence-electron chi connectivity index (χ0n) is 11.2. The van der Waals surface area contributed by atoms with Crippen LogP contribution in [-0.4, -0.2) is 34.7 Å². The number of anilines is 1. The summed E-state index contributed by atoms with van der Waals surface area (Å²) >= 11 is 0. The molecule has 1 atom stereocenters. The van der Waals surface area contributed by atoms with Crippen LogP contribution in [0.4, 0.5) is 5.69 Å². The third-order valence-corrected chi connectivity index (χ3v) is 5.60. The van der Waals surface area contributed by atoms with E-state index in [1.165, 1.54) is 0 Å². The Hall–Kier alpha value is -1.89. The lowest BCUT2D eigenvalue weighted by atomic mass is 10.0. The van der Waals surface area contributed by atoms with Crippen LogP contribution in [0.15, 0.2) is 30.7 Å². The standard InChI is InChI=1S/C13H16N4O2S/c1-13(4-6-20(18,19)9-13)17-8-11(14)12(16-17)10-3-2-5-15-7-10/h2-3,5,7-8H,4,6,9,14H2,1H3. The Morgan fingerprint density at radius 3 is 2.85 bits per heavy atom. The number of hydrogen-bond acceptors (Lipinski definition) is 5. The zero-order valence-corrected chi connectivity index (χ0v) is 12.0. The van der Waals surface area contributed by atoms with Crippen molar-refractivity contribution in [2.75, 3.05) is 17.2 Å². The van der Waals surface area contributed by atoms with E-state index in [0.717, 1.165) is 5.56 Å². The fourth-order valence-corrected chi connectivity index (χ4v) is 4.68. The second-order valence-corrected chi connectivity index (χ2v) is 7.64. The Morgan fingerprint density at radius 2 is 2.25 bits per heavy atom. The van der Waals surface area contributed by atoms with Crippen molar-refractivity contribution in [2.24, 2.45) is 0 Å². The van der Waals surface area contributed by atoms with Crippen LogP contribution in [0.1, 0.15) is 13.3 Å². The first-order valence-corrected chi connectivity index (χ1v) is 8.18. The molecular formula is C13H16N4O2S. The maximum absolute atomic E-state index is 11.7. The van der Waals surface area contributed by atoms with Gasteiger partial charge in [0.25, 0.3) is 0 Å². The molecule has 1 unspecified atom stereocenters. The van der Waals surface area contributed by atoms with E-state index in [1.54, 1.807) is 23.3 Å². The first-order chi connectivity index (χ1) is 9.40. The third-order valence-electron chi connectivity index (χ3n) is 3.71. The quantitative estimate of drug-likeness (QED) is 0.893. The Bertz CT molecular complexity index is 739. The summed E-state index contributed by atoms with van der Waals surface area (Å²) in [7, 11) is -2.98. The second-order valence-electron chi connectivity index (χ2n) is 5.46. The van der Waals surface area contributed by atoms with E-state index in [0.29, 0.717) is 17.8 Å². The van der Waals surface area contributed by atoms with Gasteiger partial charge < -0.3 is 5.73 Å². The Balaban J connectivity index is 2.02. The average molecular weight is 292 g/mol. The van der Waals surface area contributed by atoms with Gasteiger partial charge in [-0.05, 0) is 25.5 Å². The third kappa shape index (κ3) is 2.18. The van der Waals surface area contributed by atoms with Crippen LogP contribution in [-0.2, 0) is 15.4 Å². The number of pyridine rings is 1. The summed E-state index contributed by atoms with van der Waals surface area (Å²) < 4.78 is 25.1. The summed E-state index contributed by atoms with van der Waals surface area (Å²) in [6.07, 6.45) is 5.64. The van der Waals surface area contributed by atoms with E-state index >= 15 is 0 Å². The molecule has 20 heavy (non-hydrogen) atoms. The van der Waals surface area contributed by atoms with Crippen molar-refractivity contribution in [1.29, 1.82) is 0 Å². The van der Waals surface area contributed by atoms with Crippen LogP contribution in [0, 0.1) is 0 Å². The number of nitrogens with zero attached hydrogens (tertiary/aromatic N) is 3. The molecule has 3 heterocycles. The van der Waals surface area contributed by atoms with Crippen LogP contribution in [0.2, 0.25) is 0 Å². The van der Waals surface area contributed by atoms with E-state index in [2.05, 4.69) is 10.1 Å². The molecule has 106 valence electrons. The van der Waals surface area contributed by atoms with Gasteiger partial charge in [-0.1, -0.05) is 0 Å². The Kier molecular flexibility index (Phi) is 2.82. The fourth-order valence-electron chi connectivity index (χ4n) is 2.57. The molecule has 2 aromatic heterocycles. The highest BCUT2D eigenvalue weighted by Gasteiger charge is 2.40. The van der Waals surface area contributed by atoms with Crippen molar-refractivity contribution in [2.45, 2.75) is 18.9 Å². The fraction of sp³-hybridized carbons (Fsp3) is 0.385. The molecule has 0 spiro atoms.